The lowest BCUT2D eigenvalue weighted by Gasteiger charge is -2.33. The maximum absolute atomic E-state index is 13.1. The Labute approximate surface area is 162 Å². The molecule has 0 aliphatic carbocycles. The zero-order chi connectivity index (χ0) is 19.9. The van der Waals surface area contributed by atoms with Crippen molar-refractivity contribution in [2.24, 2.45) is 5.41 Å². The number of ether oxygens (including phenoxy) is 1. The first kappa shape index (κ1) is 21.1. The van der Waals surface area contributed by atoms with E-state index in [1.165, 1.54) is 0 Å². The molecule has 0 saturated heterocycles. The summed E-state index contributed by atoms with van der Waals surface area (Å²) in [7, 11) is 0. The average Bonchev–Trinajstić information content (AvgIpc) is 2.71. The van der Waals surface area contributed by atoms with E-state index in [4.69, 9.17) is 4.74 Å². The van der Waals surface area contributed by atoms with Gasteiger partial charge in [0.2, 0.25) is 5.60 Å². The van der Waals surface area contributed by atoms with E-state index in [-0.39, 0.29) is 12.0 Å². The van der Waals surface area contributed by atoms with Gasteiger partial charge in [0, 0.05) is 12.0 Å². The number of nitrogens with zero attached hydrogens (tertiary/aromatic N) is 1. The topological polar surface area (TPSA) is 49.8 Å². The van der Waals surface area contributed by atoms with Gasteiger partial charge in [-0.1, -0.05) is 88.4 Å². The molecule has 0 spiro atoms. The van der Waals surface area contributed by atoms with Gasteiger partial charge >= 0.3 is 5.97 Å². The Hall–Kier alpha value is -2.17. The first-order valence-electron chi connectivity index (χ1n) is 9.56. The minimum atomic E-state index is -1.83. The molecule has 0 aliphatic heterocycles. The third-order valence-electron chi connectivity index (χ3n) is 4.82. The molecular formula is C23H31NO3. The number of carbonyl (C=O) groups is 1. The van der Waals surface area contributed by atoms with Crippen LogP contribution in [0, 0.1) is 5.41 Å². The van der Waals surface area contributed by atoms with Crippen LogP contribution < -0.4 is 0 Å². The van der Waals surface area contributed by atoms with E-state index in [2.05, 4.69) is 32.6 Å². The van der Waals surface area contributed by atoms with Crippen molar-refractivity contribution in [3.63, 3.8) is 0 Å². The second kappa shape index (κ2) is 9.16. The lowest BCUT2D eigenvalue weighted by atomic mass is 9.86. The predicted molar refractivity (Wildman–Crippen MR) is 108 cm³/mol. The largest absolute Gasteiger partial charge is 0.462 e. The molecule has 2 rings (SSSR count). The lowest BCUT2D eigenvalue weighted by Crippen LogP contribution is -2.42. The normalized spacial score (nSPS) is 12.2. The SMILES string of the molecule is CCN(CC)CC(C)(C)COC(=O)C(O)(c1ccccc1)c1ccccc1. The fraction of sp³-hybridized carbons (Fsp3) is 0.435. The number of hydrogen-bond donors (Lipinski definition) is 1. The van der Waals surface area contributed by atoms with Crippen LogP contribution in [0.15, 0.2) is 60.7 Å². The third kappa shape index (κ3) is 5.18. The summed E-state index contributed by atoms with van der Waals surface area (Å²) in [6, 6.07) is 17.9. The predicted octanol–water partition coefficient (Wildman–Crippen LogP) is 3.83. The van der Waals surface area contributed by atoms with Crippen molar-refractivity contribution >= 4 is 5.97 Å². The van der Waals surface area contributed by atoms with Gasteiger partial charge in [-0.05, 0) is 24.2 Å². The second-order valence-electron chi connectivity index (χ2n) is 7.64. The Morgan fingerprint density at radius 3 is 1.78 bits per heavy atom. The van der Waals surface area contributed by atoms with E-state index in [1.54, 1.807) is 48.5 Å². The molecule has 0 aliphatic rings. The van der Waals surface area contributed by atoms with Crippen LogP contribution in [0.4, 0.5) is 0 Å². The molecule has 0 heterocycles. The van der Waals surface area contributed by atoms with Gasteiger partial charge in [0.05, 0.1) is 6.61 Å². The Bertz CT molecular complexity index is 669. The average molecular weight is 370 g/mol. The maximum atomic E-state index is 13.1. The first-order chi connectivity index (χ1) is 12.8. The monoisotopic (exact) mass is 369 g/mol. The Kier molecular flexibility index (Phi) is 7.17. The fourth-order valence-corrected chi connectivity index (χ4v) is 3.22. The molecule has 0 saturated carbocycles. The van der Waals surface area contributed by atoms with E-state index >= 15 is 0 Å². The molecule has 27 heavy (non-hydrogen) atoms. The Morgan fingerprint density at radius 1 is 0.926 bits per heavy atom. The standard InChI is InChI=1S/C23H31NO3/c1-5-24(6-2)17-22(3,4)18-27-21(25)23(26,19-13-9-7-10-14-19)20-15-11-8-12-16-20/h7-16,26H,5-6,17-18H2,1-4H3. The second-order valence-corrected chi connectivity index (χ2v) is 7.64. The summed E-state index contributed by atoms with van der Waals surface area (Å²) in [6.45, 7) is 11.3. The molecule has 0 fully saturated rings. The van der Waals surface area contributed by atoms with Crippen LogP contribution in [-0.4, -0.2) is 42.2 Å². The van der Waals surface area contributed by atoms with Crippen molar-refractivity contribution in [2.45, 2.75) is 33.3 Å². The van der Waals surface area contributed by atoms with Crippen LogP contribution >= 0.6 is 0 Å². The summed E-state index contributed by atoms with van der Waals surface area (Å²) < 4.78 is 5.66. The highest BCUT2D eigenvalue weighted by Gasteiger charge is 2.42. The molecule has 1 N–H and O–H groups in total. The quantitative estimate of drug-likeness (QED) is 0.683. The number of rotatable bonds is 9. The molecule has 4 nitrogen and oxygen atoms in total. The summed E-state index contributed by atoms with van der Waals surface area (Å²) in [5.74, 6) is -0.646. The van der Waals surface area contributed by atoms with Gasteiger partial charge in [0.25, 0.3) is 0 Å². The van der Waals surface area contributed by atoms with Crippen LogP contribution in [0.25, 0.3) is 0 Å². The number of aliphatic hydroxyl groups is 1. The van der Waals surface area contributed by atoms with E-state index in [1.807, 2.05) is 12.1 Å². The molecule has 0 radical (unpaired) electrons. The van der Waals surface area contributed by atoms with Crippen molar-refractivity contribution in [2.75, 3.05) is 26.2 Å². The molecule has 0 atom stereocenters. The highest BCUT2D eigenvalue weighted by molar-refractivity contribution is 5.85. The summed E-state index contributed by atoms with van der Waals surface area (Å²) in [6.07, 6.45) is 0. The molecule has 4 heteroatoms. The molecule has 0 bridgehead atoms. The number of esters is 1. The lowest BCUT2D eigenvalue weighted by molar-refractivity contribution is -0.165. The van der Waals surface area contributed by atoms with Crippen molar-refractivity contribution in [3.8, 4) is 0 Å². The summed E-state index contributed by atoms with van der Waals surface area (Å²) >= 11 is 0. The molecule has 2 aromatic rings. The Morgan fingerprint density at radius 2 is 1.37 bits per heavy atom. The highest BCUT2D eigenvalue weighted by atomic mass is 16.6. The molecule has 0 aromatic heterocycles. The maximum Gasteiger partial charge on any atom is 0.347 e. The minimum absolute atomic E-state index is 0.212. The Balaban J connectivity index is 2.23. The minimum Gasteiger partial charge on any atom is -0.462 e. The summed E-state index contributed by atoms with van der Waals surface area (Å²) in [5, 5.41) is 11.4. The van der Waals surface area contributed by atoms with Crippen LogP contribution in [0.3, 0.4) is 0 Å². The molecule has 0 amide bonds. The van der Waals surface area contributed by atoms with E-state index in [0.29, 0.717) is 11.1 Å². The smallest absolute Gasteiger partial charge is 0.347 e. The first-order valence-corrected chi connectivity index (χ1v) is 9.56. The molecule has 146 valence electrons. The van der Waals surface area contributed by atoms with Crippen molar-refractivity contribution in [1.29, 1.82) is 0 Å². The van der Waals surface area contributed by atoms with Gasteiger partial charge < -0.3 is 14.7 Å². The molecular weight excluding hydrogens is 338 g/mol. The van der Waals surface area contributed by atoms with Crippen LogP contribution in [0.5, 0.6) is 0 Å². The van der Waals surface area contributed by atoms with Crippen LogP contribution in [0.1, 0.15) is 38.8 Å². The van der Waals surface area contributed by atoms with E-state index < -0.39 is 11.6 Å². The van der Waals surface area contributed by atoms with Gasteiger partial charge in [0.1, 0.15) is 0 Å². The van der Waals surface area contributed by atoms with Gasteiger partial charge in [0.15, 0.2) is 0 Å². The zero-order valence-electron chi connectivity index (χ0n) is 16.8. The molecule has 0 unspecified atom stereocenters. The molecule has 2 aromatic carbocycles. The van der Waals surface area contributed by atoms with Crippen molar-refractivity contribution in [3.05, 3.63) is 71.8 Å². The highest BCUT2D eigenvalue weighted by Crippen LogP contribution is 2.32. The van der Waals surface area contributed by atoms with Gasteiger partial charge in [-0.3, -0.25) is 0 Å². The zero-order valence-corrected chi connectivity index (χ0v) is 16.8. The van der Waals surface area contributed by atoms with Gasteiger partial charge in [-0.25, -0.2) is 4.79 Å². The van der Waals surface area contributed by atoms with Crippen molar-refractivity contribution in [1.82, 2.24) is 4.90 Å². The summed E-state index contributed by atoms with van der Waals surface area (Å²) in [5.41, 5.74) is -1.03. The third-order valence-corrected chi connectivity index (χ3v) is 4.82. The van der Waals surface area contributed by atoms with E-state index in [0.717, 1.165) is 19.6 Å². The number of hydrogen-bond acceptors (Lipinski definition) is 4. The number of carbonyl (C=O) groups excluding carboxylic acids is 1. The number of benzene rings is 2. The van der Waals surface area contributed by atoms with Crippen LogP contribution in [0.2, 0.25) is 0 Å². The van der Waals surface area contributed by atoms with Crippen molar-refractivity contribution < 1.29 is 14.6 Å². The van der Waals surface area contributed by atoms with Crippen LogP contribution in [-0.2, 0) is 15.1 Å². The summed E-state index contributed by atoms with van der Waals surface area (Å²) in [4.78, 5) is 15.4. The van der Waals surface area contributed by atoms with Gasteiger partial charge in [-0.2, -0.15) is 0 Å². The van der Waals surface area contributed by atoms with Gasteiger partial charge in [-0.15, -0.1) is 0 Å². The fourth-order valence-electron chi connectivity index (χ4n) is 3.22. The van der Waals surface area contributed by atoms with E-state index in [9.17, 15) is 9.90 Å².